The molecule has 0 radical (unpaired) electrons. The summed E-state index contributed by atoms with van der Waals surface area (Å²) in [5.41, 5.74) is 0.204. The summed E-state index contributed by atoms with van der Waals surface area (Å²) in [7, 11) is 0. The lowest BCUT2D eigenvalue weighted by Crippen LogP contribution is -2.09. The van der Waals surface area contributed by atoms with Crippen LogP contribution in [0.3, 0.4) is 0 Å². The number of carbonyl (C=O) groups is 1. The van der Waals surface area contributed by atoms with Crippen molar-refractivity contribution in [3.05, 3.63) is 59.8 Å². The zero-order valence-electron chi connectivity index (χ0n) is 13.1. The molecule has 1 aromatic heterocycles. The fourth-order valence-electron chi connectivity index (χ4n) is 2.57. The number of aromatic hydroxyl groups is 1. The molecule has 25 heavy (non-hydrogen) atoms. The summed E-state index contributed by atoms with van der Waals surface area (Å²) in [6.45, 7) is 1.35. The Labute approximate surface area is 140 Å². The van der Waals surface area contributed by atoms with Crippen molar-refractivity contribution in [1.29, 1.82) is 0 Å². The van der Waals surface area contributed by atoms with Crippen molar-refractivity contribution in [2.24, 2.45) is 4.99 Å². The molecular formula is C18H13F3N2O2. The number of alkyl halides is 3. The molecule has 1 N–H and O–H groups in total. The number of carbonyl (C=O) groups excluding carboxylic acids is 1. The highest BCUT2D eigenvalue weighted by molar-refractivity contribution is 6.04. The van der Waals surface area contributed by atoms with Gasteiger partial charge in [0.05, 0.1) is 23.0 Å². The van der Waals surface area contributed by atoms with E-state index in [2.05, 4.69) is 4.99 Å². The molecule has 0 spiro atoms. The third-order valence-corrected chi connectivity index (χ3v) is 3.73. The van der Waals surface area contributed by atoms with E-state index in [9.17, 15) is 23.1 Å². The van der Waals surface area contributed by atoms with Crippen LogP contribution < -0.4 is 0 Å². The highest BCUT2D eigenvalue weighted by Crippen LogP contribution is 2.32. The number of fused-ring (bicyclic) bond motifs is 1. The molecule has 0 saturated carbocycles. The van der Waals surface area contributed by atoms with E-state index in [1.54, 1.807) is 24.3 Å². The van der Waals surface area contributed by atoms with Crippen LogP contribution in [0.1, 0.15) is 23.0 Å². The molecule has 4 nitrogen and oxygen atoms in total. The Balaban J connectivity index is 2.03. The first-order chi connectivity index (χ1) is 11.8. The number of hydrogen-bond acceptors (Lipinski definition) is 3. The van der Waals surface area contributed by atoms with E-state index >= 15 is 0 Å². The molecule has 0 amide bonds. The van der Waals surface area contributed by atoms with Gasteiger partial charge in [0.1, 0.15) is 5.69 Å². The van der Waals surface area contributed by atoms with Gasteiger partial charge >= 0.3 is 6.18 Å². The number of nitrogens with zero attached hydrogens (tertiary/aromatic N) is 2. The van der Waals surface area contributed by atoms with Crippen LogP contribution in [-0.4, -0.2) is 21.8 Å². The lowest BCUT2D eigenvalue weighted by atomic mass is 10.2. The molecule has 0 saturated heterocycles. The second-order valence-electron chi connectivity index (χ2n) is 5.41. The Morgan fingerprint density at radius 3 is 2.36 bits per heavy atom. The quantitative estimate of drug-likeness (QED) is 0.679. The molecule has 0 aliphatic rings. The van der Waals surface area contributed by atoms with E-state index in [4.69, 9.17) is 0 Å². The molecule has 0 bridgehead atoms. The minimum absolute atomic E-state index is 0.110. The third-order valence-electron chi connectivity index (χ3n) is 3.73. The first kappa shape index (κ1) is 16.8. The molecule has 0 unspecified atom stereocenters. The van der Waals surface area contributed by atoms with Gasteiger partial charge in [0, 0.05) is 12.3 Å². The minimum atomic E-state index is -4.42. The fraction of sp³-hybridized carbons (Fsp3) is 0.111. The molecule has 7 heteroatoms. The number of rotatable bonds is 2. The van der Waals surface area contributed by atoms with Gasteiger partial charge in [-0.3, -0.25) is 14.4 Å². The van der Waals surface area contributed by atoms with Crippen molar-refractivity contribution in [3.8, 4) is 5.75 Å². The summed E-state index contributed by atoms with van der Waals surface area (Å²) in [4.78, 5) is 16.0. The van der Waals surface area contributed by atoms with Crippen LogP contribution in [0.2, 0.25) is 0 Å². The maximum Gasteiger partial charge on any atom is 0.416 e. The van der Waals surface area contributed by atoms with Gasteiger partial charge in [-0.1, -0.05) is 12.1 Å². The first-order valence-corrected chi connectivity index (χ1v) is 7.33. The molecular weight excluding hydrogens is 333 g/mol. The maximum absolute atomic E-state index is 12.6. The summed E-state index contributed by atoms with van der Waals surface area (Å²) >= 11 is 0. The molecule has 128 valence electrons. The Hall–Kier alpha value is -3.09. The number of aromatic nitrogens is 1. The molecule has 3 rings (SSSR count). The van der Waals surface area contributed by atoms with Gasteiger partial charge in [-0.15, -0.1) is 0 Å². The summed E-state index contributed by atoms with van der Waals surface area (Å²) in [6.07, 6.45) is -3.15. The molecule has 0 atom stereocenters. The van der Waals surface area contributed by atoms with Gasteiger partial charge in [0.15, 0.2) is 5.75 Å². The fourth-order valence-corrected chi connectivity index (χ4v) is 2.57. The van der Waals surface area contributed by atoms with Gasteiger partial charge in [-0.2, -0.15) is 13.2 Å². The normalized spacial score (nSPS) is 12.2. The highest BCUT2D eigenvalue weighted by atomic mass is 19.4. The SMILES string of the molecule is CC(=O)n1c(C=Nc2ccc(C(F)(F)F)cc2)c(O)c2ccccc21. The van der Waals surface area contributed by atoms with Crippen LogP contribution in [0.4, 0.5) is 18.9 Å². The van der Waals surface area contributed by atoms with E-state index in [0.29, 0.717) is 10.9 Å². The van der Waals surface area contributed by atoms with E-state index < -0.39 is 11.7 Å². The van der Waals surface area contributed by atoms with Crippen molar-refractivity contribution in [2.75, 3.05) is 0 Å². The number of aliphatic imine (C=N–C) groups is 1. The Morgan fingerprint density at radius 1 is 1.12 bits per heavy atom. The number of para-hydroxylation sites is 1. The van der Waals surface area contributed by atoms with E-state index in [-0.39, 0.29) is 23.0 Å². The average molecular weight is 346 g/mol. The molecule has 0 fully saturated rings. The molecule has 0 aliphatic carbocycles. The Morgan fingerprint density at radius 2 is 1.76 bits per heavy atom. The third kappa shape index (κ3) is 3.13. The number of hydrogen-bond donors (Lipinski definition) is 1. The van der Waals surface area contributed by atoms with E-state index in [1.807, 2.05) is 0 Å². The second-order valence-corrected chi connectivity index (χ2v) is 5.41. The van der Waals surface area contributed by atoms with Crippen LogP contribution in [0, 0.1) is 0 Å². The lowest BCUT2D eigenvalue weighted by molar-refractivity contribution is -0.137. The topological polar surface area (TPSA) is 54.6 Å². The van der Waals surface area contributed by atoms with Crippen LogP contribution in [0.15, 0.2) is 53.5 Å². The first-order valence-electron chi connectivity index (χ1n) is 7.33. The number of halogens is 3. The summed E-state index contributed by atoms with van der Waals surface area (Å²) in [5, 5.41) is 10.8. The van der Waals surface area contributed by atoms with Crippen molar-refractivity contribution >= 4 is 28.7 Å². The smallest absolute Gasteiger partial charge is 0.416 e. The van der Waals surface area contributed by atoms with Gasteiger partial charge in [-0.25, -0.2) is 0 Å². The van der Waals surface area contributed by atoms with Crippen LogP contribution in [-0.2, 0) is 6.18 Å². The van der Waals surface area contributed by atoms with Crippen molar-refractivity contribution in [2.45, 2.75) is 13.1 Å². The summed E-state index contributed by atoms with van der Waals surface area (Å²) in [6, 6.07) is 11.1. The largest absolute Gasteiger partial charge is 0.505 e. The molecule has 3 aromatic rings. The predicted molar refractivity (Wildman–Crippen MR) is 88.6 cm³/mol. The molecule has 2 aromatic carbocycles. The molecule has 0 aliphatic heterocycles. The van der Waals surface area contributed by atoms with Crippen molar-refractivity contribution in [1.82, 2.24) is 4.57 Å². The second kappa shape index (κ2) is 6.08. The van der Waals surface area contributed by atoms with Gasteiger partial charge in [0.2, 0.25) is 5.91 Å². The molecule has 1 heterocycles. The Bertz CT molecular complexity index is 970. The van der Waals surface area contributed by atoms with Crippen LogP contribution in [0.5, 0.6) is 5.75 Å². The zero-order valence-corrected chi connectivity index (χ0v) is 13.1. The average Bonchev–Trinajstić information content (AvgIpc) is 2.85. The minimum Gasteiger partial charge on any atom is -0.505 e. The van der Waals surface area contributed by atoms with Crippen LogP contribution in [0.25, 0.3) is 10.9 Å². The zero-order chi connectivity index (χ0) is 18.2. The van der Waals surface area contributed by atoms with E-state index in [1.165, 1.54) is 29.8 Å². The summed E-state index contributed by atoms with van der Waals surface area (Å²) < 4.78 is 39.0. The monoisotopic (exact) mass is 346 g/mol. The highest BCUT2D eigenvalue weighted by Gasteiger charge is 2.29. The lowest BCUT2D eigenvalue weighted by Gasteiger charge is -2.06. The Kier molecular flexibility index (Phi) is 4.08. The predicted octanol–water partition coefficient (Wildman–Crippen LogP) is 4.78. The van der Waals surface area contributed by atoms with Gasteiger partial charge in [0.25, 0.3) is 0 Å². The summed E-state index contributed by atoms with van der Waals surface area (Å²) in [5.74, 6) is -0.424. The van der Waals surface area contributed by atoms with Gasteiger partial charge < -0.3 is 5.11 Å². The van der Waals surface area contributed by atoms with Crippen molar-refractivity contribution < 1.29 is 23.1 Å². The maximum atomic E-state index is 12.6. The number of benzene rings is 2. The standard InChI is InChI=1S/C18H13F3N2O2/c1-11(24)23-15-5-3-2-4-14(15)17(25)16(23)10-22-13-8-6-12(7-9-13)18(19,20)21/h2-10,25H,1H3. The van der Waals surface area contributed by atoms with Crippen LogP contribution >= 0.6 is 0 Å². The van der Waals surface area contributed by atoms with E-state index in [0.717, 1.165) is 12.1 Å². The van der Waals surface area contributed by atoms with Gasteiger partial charge in [-0.05, 0) is 36.4 Å². The van der Waals surface area contributed by atoms with Crippen molar-refractivity contribution in [3.63, 3.8) is 0 Å².